The number of aryl methyl sites for hydroxylation is 2. The van der Waals surface area contributed by atoms with E-state index in [2.05, 4.69) is 20.8 Å². The van der Waals surface area contributed by atoms with Crippen molar-refractivity contribution in [2.24, 2.45) is 0 Å². The Morgan fingerprint density at radius 1 is 1.38 bits per heavy atom. The Hall–Kier alpha value is -1.96. The van der Waals surface area contributed by atoms with E-state index in [4.69, 9.17) is 9.26 Å². The number of carbonyl (C=O) groups is 1. The number of nitrogens with zero attached hydrogens (tertiary/aromatic N) is 2. The number of halogens is 1. The van der Waals surface area contributed by atoms with Crippen LogP contribution in [0.5, 0.6) is 0 Å². The molecular formula is C16H23ClN4O3. The predicted octanol–water partition coefficient (Wildman–Crippen LogP) is 2.20. The van der Waals surface area contributed by atoms with E-state index in [0.717, 1.165) is 16.8 Å². The number of rotatable bonds is 8. The molecule has 0 radical (unpaired) electrons. The zero-order valence-electron chi connectivity index (χ0n) is 14.1. The molecule has 132 valence electrons. The molecule has 0 unspecified atom stereocenters. The molecule has 0 bridgehead atoms. The monoisotopic (exact) mass is 354 g/mol. The molecule has 0 aliphatic heterocycles. The minimum absolute atomic E-state index is 0. The van der Waals surface area contributed by atoms with Gasteiger partial charge in [-0.2, -0.15) is 4.98 Å². The summed E-state index contributed by atoms with van der Waals surface area (Å²) in [5.41, 5.74) is 2.48. The van der Waals surface area contributed by atoms with Crippen molar-refractivity contribution in [1.29, 1.82) is 0 Å². The van der Waals surface area contributed by atoms with Crippen LogP contribution in [0.4, 0.5) is 5.69 Å². The zero-order chi connectivity index (χ0) is 16.7. The summed E-state index contributed by atoms with van der Waals surface area (Å²) < 4.78 is 10.2. The second-order valence-electron chi connectivity index (χ2n) is 5.12. The molecule has 0 spiro atoms. The molecule has 1 amide bonds. The van der Waals surface area contributed by atoms with Crippen molar-refractivity contribution in [2.75, 3.05) is 32.1 Å². The van der Waals surface area contributed by atoms with Gasteiger partial charge in [0.05, 0.1) is 13.2 Å². The molecule has 7 nitrogen and oxygen atoms in total. The van der Waals surface area contributed by atoms with E-state index in [1.807, 2.05) is 32.0 Å². The molecule has 1 aromatic heterocycles. The Balaban J connectivity index is 0.00000288. The Bertz CT molecular complexity index is 661. The van der Waals surface area contributed by atoms with Gasteiger partial charge in [0.2, 0.25) is 5.91 Å². The fourth-order valence-corrected chi connectivity index (χ4v) is 1.98. The third-order valence-corrected chi connectivity index (χ3v) is 3.31. The molecule has 8 heteroatoms. The minimum atomic E-state index is -0.110. The summed E-state index contributed by atoms with van der Waals surface area (Å²) in [5.74, 6) is 1.00. The molecule has 0 saturated heterocycles. The molecule has 0 aliphatic rings. The SMILES string of the molecule is CCc1noc(-c2ccc(C)c(NC(=O)CNCCOC)c2)n1.Cl. The van der Waals surface area contributed by atoms with Crippen molar-refractivity contribution in [3.8, 4) is 11.5 Å². The van der Waals surface area contributed by atoms with Crippen LogP contribution in [0, 0.1) is 6.92 Å². The first-order chi connectivity index (χ1) is 11.1. The van der Waals surface area contributed by atoms with Crippen molar-refractivity contribution in [3.05, 3.63) is 29.6 Å². The Labute approximate surface area is 147 Å². The largest absolute Gasteiger partial charge is 0.383 e. The number of nitrogens with one attached hydrogen (secondary N) is 2. The Kier molecular flexibility index (Phi) is 8.39. The molecule has 0 fully saturated rings. The highest BCUT2D eigenvalue weighted by atomic mass is 35.5. The predicted molar refractivity (Wildman–Crippen MR) is 94.5 cm³/mol. The molecule has 2 aromatic rings. The lowest BCUT2D eigenvalue weighted by molar-refractivity contribution is -0.115. The molecule has 0 aliphatic carbocycles. The van der Waals surface area contributed by atoms with Gasteiger partial charge < -0.3 is 19.9 Å². The van der Waals surface area contributed by atoms with Crippen molar-refractivity contribution in [3.63, 3.8) is 0 Å². The number of benzene rings is 1. The van der Waals surface area contributed by atoms with Crippen LogP contribution in [0.25, 0.3) is 11.5 Å². The first kappa shape index (κ1) is 20.1. The van der Waals surface area contributed by atoms with Gasteiger partial charge in [0.1, 0.15) is 0 Å². The van der Waals surface area contributed by atoms with E-state index in [9.17, 15) is 4.79 Å². The maximum absolute atomic E-state index is 12.0. The lowest BCUT2D eigenvalue weighted by Crippen LogP contribution is -2.30. The number of ether oxygens (including phenoxy) is 1. The van der Waals surface area contributed by atoms with Crippen LogP contribution in [-0.4, -0.2) is 42.9 Å². The number of carbonyl (C=O) groups excluding carboxylic acids is 1. The maximum Gasteiger partial charge on any atom is 0.257 e. The van der Waals surface area contributed by atoms with Crippen molar-refractivity contribution >= 4 is 24.0 Å². The van der Waals surface area contributed by atoms with E-state index in [-0.39, 0.29) is 24.9 Å². The summed E-state index contributed by atoms with van der Waals surface area (Å²) in [6.45, 7) is 5.33. The average Bonchev–Trinajstić information content (AvgIpc) is 3.03. The molecule has 0 atom stereocenters. The summed E-state index contributed by atoms with van der Waals surface area (Å²) in [6.07, 6.45) is 0.714. The number of amides is 1. The van der Waals surface area contributed by atoms with E-state index in [1.54, 1.807) is 7.11 Å². The first-order valence-corrected chi connectivity index (χ1v) is 7.57. The molecule has 0 saturated carbocycles. The summed E-state index contributed by atoms with van der Waals surface area (Å²) in [7, 11) is 1.62. The topological polar surface area (TPSA) is 89.3 Å². The third-order valence-electron chi connectivity index (χ3n) is 3.31. The highest BCUT2D eigenvalue weighted by molar-refractivity contribution is 5.93. The highest BCUT2D eigenvalue weighted by Crippen LogP contribution is 2.24. The quantitative estimate of drug-likeness (QED) is 0.706. The first-order valence-electron chi connectivity index (χ1n) is 7.57. The molecule has 1 aromatic carbocycles. The van der Waals surface area contributed by atoms with Gasteiger partial charge >= 0.3 is 0 Å². The van der Waals surface area contributed by atoms with Gasteiger partial charge in [-0.1, -0.05) is 18.1 Å². The van der Waals surface area contributed by atoms with Crippen LogP contribution >= 0.6 is 12.4 Å². The third kappa shape index (κ3) is 5.59. The van der Waals surface area contributed by atoms with Gasteiger partial charge in [0.25, 0.3) is 5.89 Å². The molecule has 2 rings (SSSR count). The van der Waals surface area contributed by atoms with Crippen LogP contribution in [0.15, 0.2) is 22.7 Å². The van der Waals surface area contributed by atoms with Crippen molar-refractivity contribution in [2.45, 2.75) is 20.3 Å². The summed E-state index contributed by atoms with van der Waals surface area (Å²) in [4.78, 5) is 16.3. The van der Waals surface area contributed by atoms with Gasteiger partial charge in [-0.25, -0.2) is 0 Å². The van der Waals surface area contributed by atoms with Crippen LogP contribution in [0.1, 0.15) is 18.3 Å². The summed E-state index contributed by atoms with van der Waals surface area (Å²) in [6, 6.07) is 5.66. The van der Waals surface area contributed by atoms with E-state index < -0.39 is 0 Å². The average molecular weight is 355 g/mol. The number of hydrogen-bond acceptors (Lipinski definition) is 6. The normalized spacial score (nSPS) is 10.3. The Morgan fingerprint density at radius 2 is 2.17 bits per heavy atom. The van der Waals surface area contributed by atoms with Crippen LogP contribution in [0.2, 0.25) is 0 Å². The van der Waals surface area contributed by atoms with E-state index >= 15 is 0 Å². The van der Waals surface area contributed by atoms with Crippen molar-refractivity contribution in [1.82, 2.24) is 15.5 Å². The van der Waals surface area contributed by atoms with E-state index in [0.29, 0.717) is 31.3 Å². The number of hydrogen-bond donors (Lipinski definition) is 2. The standard InChI is InChI=1S/C16H22N4O3.ClH/c1-4-14-19-16(23-20-14)12-6-5-11(2)13(9-12)18-15(21)10-17-7-8-22-3;/h5-6,9,17H,4,7-8,10H2,1-3H3,(H,18,21);1H. The number of anilines is 1. The highest BCUT2D eigenvalue weighted by Gasteiger charge is 2.11. The van der Waals surface area contributed by atoms with Gasteiger partial charge in [-0.15, -0.1) is 12.4 Å². The Morgan fingerprint density at radius 3 is 2.83 bits per heavy atom. The maximum atomic E-state index is 12.0. The van der Waals surface area contributed by atoms with Gasteiger partial charge in [0.15, 0.2) is 5.82 Å². The summed E-state index contributed by atoms with van der Waals surface area (Å²) >= 11 is 0. The molecule has 24 heavy (non-hydrogen) atoms. The zero-order valence-corrected chi connectivity index (χ0v) is 14.9. The fraction of sp³-hybridized carbons (Fsp3) is 0.438. The lowest BCUT2D eigenvalue weighted by Gasteiger charge is -2.10. The van der Waals surface area contributed by atoms with Crippen LogP contribution in [-0.2, 0) is 16.0 Å². The second kappa shape index (κ2) is 10.0. The second-order valence-corrected chi connectivity index (χ2v) is 5.12. The fourth-order valence-electron chi connectivity index (χ4n) is 1.98. The smallest absolute Gasteiger partial charge is 0.257 e. The molecule has 1 heterocycles. The minimum Gasteiger partial charge on any atom is -0.383 e. The number of methoxy groups -OCH3 is 1. The molecule has 2 N–H and O–H groups in total. The van der Waals surface area contributed by atoms with Crippen LogP contribution in [0.3, 0.4) is 0 Å². The lowest BCUT2D eigenvalue weighted by atomic mass is 10.1. The van der Waals surface area contributed by atoms with Gasteiger partial charge in [0, 0.05) is 31.3 Å². The van der Waals surface area contributed by atoms with Gasteiger partial charge in [-0.05, 0) is 24.6 Å². The summed E-state index contributed by atoms with van der Waals surface area (Å²) in [5, 5.41) is 9.78. The van der Waals surface area contributed by atoms with Crippen LogP contribution < -0.4 is 10.6 Å². The molecular weight excluding hydrogens is 332 g/mol. The van der Waals surface area contributed by atoms with Crippen molar-refractivity contribution < 1.29 is 14.1 Å². The van der Waals surface area contributed by atoms with E-state index in [1.165, 1.54) is 0 Å². The van der Waals surface area contributed by atoms with Gasteiger partial charge in [-0.3, -0.25) is 4.79 Å². The number of aromatic nitrogens is 2.